The lowest BCUT2D eigenvalue weighted by Crippen LogP contribution is -2.61. The second kappa shape index (κ2) is 7.24. The van der Waals surface area contributed by atoms with E-state index in [1.54, 1.807) is 24.5 Å². The molecular formula is C19H24ClN5O2S. The molecular weight excluding hydrogens is 398 g/mol. The summed E-state index contributed by atoms with van der Waals surface area (Å²) in [7, 11) is 0. The average molecular weight is 422 g/mol. The van der Waals surface area contributed by atoms with Gasteiger partial charge in [0, 0.05) is 24.8 Å². The molecule has 0 atom stereocenters. The largest absolute Gasteiger partial charge is 0.382 e. The Labute approximate surface area is 173 Å². The van der Waals surface area contributed by atoms with Crippen molar-refractivity contribution < 1.29 is 9.53 Å². The van der Waals surface area contributed by atoms with Crippen LogP contribution in [0.3, 0.4) is 0 Å². The number of halogens is 1. The molecule has 0 spiro atoms. The Balaban J connectivity index is 1.59. The number of anilines is 1. The molecule has 2 aliphatic heterocycles. The Kier molecular flexibility index (Phi) is 5.05. The highest BCUT2D eigenvalue weighted by Crippen LogP contribution is 2.50. The zero-order valence-corrected chi connectivity index (χ0v) is 17.8. The van der Waals surface area contributed by atoms with E-state index < -0.39 is 5.60 Å². The van der Waals surface area contributed by atoms with E-state index >= 15 is 0 Å². The molecule has 3 fully saturated rings. The summed E-state index contributed by atoms with van der Waals surface area (Å²) in [4.78, 5) is 15.7. The number of ether oxygens (including phenoxy) is 1. The van der Waals surface area contributed by atoms with E-state index in [2.05, 4.69) is 39.7 Å². The van der Waals surface area contributed by atoms with Crippen molar-refractivity contribution in [3.63, 3.8) is 0 Å². The predicted molar refractivity (Wildman–Crippen MR) is 110 cm³/mol. The molecule has 2 saturated heterocycles. The number of amides is 1. The van der Waals surface area contributed by atoms with Crippen molar-refractivity contribution in [1.82, 2.24) is 20.5 Å². The van der Waals surface area contributed by atoms with Crippen molar-refractivity contribution in [1.29, 1.82) is 0 Å². The molecule has 150 valence electrons. The summed E-state index contributed by atoms with van der Waals surface area (Å²) in [6, 6.07) is 2.07. The maximum atomic E-state index is 11.5. The Morgan fingerprint density at radius 3 is 2.64 bits per heavy atom. The van der Waals surface area contributed by atoms with Gasteiger partial charge in [0.1, 0.15) is 15.8 Å². The number of carbonyl (C=O) groups excluding carboxylic acids is 1. The smallest absolute Gasteiger partial charge is 0.217 e. The minimum atomic E-state index is -0.401. The van der Waals surface area contributed by atoms with Crippen LogP contribution in [-0.2, 0) is 15.1 Å². The first-order chi connectivity index (χ1) is 13.3. The SMILES string of the molecule is CC(=O)NC12CCC(c3nnc(-c4cnc(Cl)cc4NC(C)C)s3)(CC1)OC2. The first-order valence-corrected chi connectivity index (χ1v) is 10.7. The number of fused-ring (bicyclic) bond motifs is 3. The Bertz CT molecular complexity index is 876. The molecule has 7 nitrogen and oxygen atoms in total. The molecule has 5 rings (SSSR count). The minimum Gasteiger partial charge on any atom is -0.382 e. The maximum absolute atomic E-state index is 11.5. The molecule has 2 N–H and O–H groups in total. The number of nitrogens with one attached hydrogen (secondary N) is 2. The summed E-state index contributed by atoms with van der Waals surface area (Å²) in [5, 5.41) is 17.5. The molecule has 0 unspecified atom stereocenters. The third-order valence-electron chi connectivity index (χ3n) is 5.44. The van der Waals surface area contributed by atoms with Gasteiger partial charge in [-0.05, 0) is 45.6 Å². The summed E-state index contributed by atoms with van der Waals surface area (Å²) < 4.78 is 6.26. The number of hydrogen-bond donors (Lipinski definition) is 2. The third kappa shape index (κ3) is 3.60. The number of pyridine rings is 1. The van der Waals surface area contributed by atoms with Crippen molar-refractivity contribution in [2.24, 2.45) is 0 Å². The molecule has 0 aromatic carbocycles. The van der Waals surface area contributed by atoms with Crippen LogP contribution in [0.4, 0.5) is 5.69 Å². The molecule has 28 heavy (non-hydrogen) atoms. The van der Waals surface area contributed by atoms with Gasteiger partial charge >= 0.3 is 0 Å². The number of carbonyl (C=O) groups is 1. The van der Waals surface area contributed by atoms with Gasteiger partial charge < -0.3 is 15.4 Å². The number of rotatable bonds is 5. The summed E-state index contributed by atoms with van der Waals surface area (Å²) >= 11 is 7.62. The first kappa shape index (κ1) is 19.5. The Morgan fingerprint density at radius 2 is 2.04 bits per heavy atom. The molecule has 3 aliphatic rings. The second-order valence-corrected chi connectivity index (χ2v) is 9.37. The standard InChI is InChI=1S/C19H24ClN5O2S/c1-11(2)22-14-8-15(20)21-9-13(14)16-24-25-17(28-16)19-6-4-18(5-7-19,10-27-19)23-12(3)26/h8-9,11H,4-7,10H2,1-3H3,(H,21,22)(H,23,26). The summed E-state index contributed by atoms with van der Waals surface area (Å²) in [6.07, 6.45) is 5.18. The lowest BCUT2D eigenvalue weighted by atomic mass is 9.71. The monoisotopic (exact) mass is 421 g/mol. The normalized spacial score (nSPS) is 26.5. The van der Waals surface area contributed by atoms with Crippen LogP contribution in [0.15, 0.2) is 12.3 Å². The molecule has 1 amide bonds. The van der Waals surface area contributed by atoms with Crippen LogP contribution in [0, 0.1) is 0 Å². The number of aromatic nitrogens is 3. The van der Waals surface area contributed by atoms with Crippen molar-refractivity contribution in [3.05, 3.63) is 22.4 Å². The van der Waals surface area contributed by atoms with Gasteiger partial charge in [-0.25, -0.2) is 4.98 Å². The van der Waals surface area contributed by atoms with Gasteiger partial charge in [0.2, 0.25) is 5.91 Å². The fourth-order valence-corrected chi connectivity index (χ4v) is 5.28. The van der Waals surface area contributed by atoms with Gasteiger partial charge in [-0.2, -0.15) is 0 Å². The van der Waals surface area contributed by atoms with Gasteiger partial charge in [0.25, 0.3) is 0 Å². The lowest BCUT2D eigenvalue weighted by molar-refractivity contribution is -0.171. The van der Waals surface area contributed by atoms with Crippen LogP contribution in [0.5, 0.6) is 0 Å². The molecule has 2 aromatic rings. The Morgan fingerprint density at radius 1 is 1.29 bits per heavy atom. The van der Waals surface area contributed by atoms with Crippen molar-refractivity contribution in [3.8, 4) is 10.6 Å². The van der Waals surface area contributed by atoms with Crippen LogP contribution in [0.25, 0.3) is 10.6 Å². The predicted octanol–water partition coefficient (Wildman–Crippen LogP) is 3.75. The topological polar surface area (TPSA) is 89.0 Å². The highest BCUT2D eigenvalue weighted by Gasteiger charge is 2.52. The molecule has 2 aromatic heterocycles. The van der Waals surface area contributed by atoms with Crippen LogP contribution in [0.1, 0.15) is 51.5 Å². The average Bonchev–Trinajstić information content (AvgIpc) is 3.12. The molecule has 0 radical (unpaired) electrons. The summed E-state index contributed by atoms with van der Waals surface area (Å²) in [6.45, 7) is 6.22. The van der Waals surface area contributed by atoms with Crippen LogP contribution < -0.4 is 10.6 Å². The zero-order chi connectivity index (χ0) is 19.9. The Hall–Kier alpha value is -1.77. The molecule has 4 heterocycles. The van der Waals surface area contributed by atoms with E-state index in [1.807, 2.05) is 6.07 Å². The van der Waals surface area contributed by atoms with Gasteiger partial charge in [-0.3, -0.25) is 4.79 Å². The molecule has 9 heteroatoms. The van der Waals surface area contributed by atoms with Crippen molar-refractivity contribution >= 4 is 34.5 Å². The summed E-state index contributed by atoms with van der Waals surface area (Å²) in [5.74, 6) is -0.00313. The maximum Gasteiger partial charge on any atom is 0.217 e. The van der Waals surface area contributed by atoms with E-state index in [-0.39, 0.29) is 17.5 Å². The van der Waals surface area contributed by atoms with Gasteiger partial charge in [0.15, 0.2) is 5.01 Å². The van der Waals surface area contributed by atoms with E-state index in [0.29, 0.717) is 11.8 Å². The number of nitrogens with zero attached hydrogens (tertiary/aromatic N) is 3. The van der Waals surface area contributed by atoms with Gasteiger partial charge in [-0.15, -0.1) is 10.2 Å². The van der Waals surface area contributed by atoms with E-state index in [4.69, 9.17) is 16.3 Å². The van der Waals surface area contributed by atoms with Crippen LogP contribution in [0.2, 0.25) is 5.15 Å². The van der Waals surface area contributed by atoms with Crippen molar-refractivity contribution in [2.75, 3.05) is 11.9 Å². The molecule has 1 aliphatic carbocycles. The third-order valence-corrected chi connectivity index (χ3v) is 6.79. The zero-order valence-electron chi connectivity index (χ0n) is 16.2. The highest BCUT2D eigenvalue weighted by molar-refractivity contribution is 7.14. The number of hydrogen-bond acceptors (Lipinski definition) is 7. The molecule has 2 bridgehead atoms. The quantitative estimate of drug-likeness (QED) is 0.714. The van der Waals surface area contributed by atoms with Gasteiger partial charge in [-0.1, -0.05) is 22.9 Å². The van der Waals surface area contributed by atoms with Crippen LogP contribution in [-0.4, -0.2) is 39.3 Å². The fraction of sp³-hybridized carbons (Fsp3) is 0.579. The van der Waals surface area contributed by atoms with Crippen molar-refractivity contribution in [2.45, 2.75) is 63.6 Å². The lowest BCUT2D eigenvalue weighted by Gasteiger charge is -2.52. The van der Waals surface area contributed by atoms with E-state index in [9.17, 15) is 4.79 Å². The van der Waals surface area contributed by atoms with Gasteiger partial charge in [0.05, 0.1) is 17.7 Å². The fourth-order valence-electron chi connectivity index (χ4n) is 4.05. The van der Waals surface area contributed by atoms with E-state index in [1.165, 1.54) is 0 Å². The van der Waals surface area contributed by atoms with E-state index in [0.717, 1.165) is 46.9 Å². The summed E-state index contributed by atoms with van der Waals surface area (Å²) in [5.41, 5.74) is 1.16. The van der Waals surface area contributed by atoms with Crippen LogP contribution >= 0.6 is 22.9 Å². The molecule has 1 saturated carbocycles. The highest BCUT2D eigenvalue weighted by atomic mass is 35.5. The first-order valence-electron chi connectivity index (χ1n) is 9.50. The minimum absolute atomic E-state index is 0.00313. The second-order valence-electron chi connectivity index (χ2n) is 8.01.